The van der Waals surface area contributed by atoms with Gasteiger partial charge in [-0.25, -0.2) is 9.97 Å². The number of hydrogen-bond donors (Lipinski definition) is 1. The lowest BCUT2D eigenvalue weighted by Crippen LogP contribution is -2.24. The minimum atomic E-state index is 0.0419. The summed E-state index contributed by atoms with van der Waals surface area (Å²) in [6.07, 6.45) is 2.57. The molecule has 2 rings (SSSR count). The predicted octanol–water partition coefficient (Wildman–Crippen LogP) is 2.48. The van der Waals surface area contributed by atoms with Gasteiger partial charge < -0.3 is 5.32 Å². The van der Waals surface area contributed by atoms with Crippen LogP contribution in [0.2, 0.25) is 0 Å². The van der Waals surface area contributed by atoms with Gasteiger partial charge in [-0.15, -0.1) is 11.3 Å². The minimum absolute atomic E-state index is 0.0419. The molecule has 2 aromatic rings. The first-order valence-electron chi connectivity index (χ1n) is 5.87. The Labute approximate surface area is 114 Å². The van der Waals surface area contributed by atoms with Crippen LogP contribution in [0, 0.1) is 0 Å². The first-order valence-corrected chi connectivity index (χ1v) is 7.67. The largest absolute Gasteiger partial charge is 0.356 e. The Balaban J connectivity index is 2.17. The van der Waals surface area contributed by atoms with Gasteiger partial charge in [-0.3, -0.25) is 4.79 Å². The quantitative estimate of drug-likeness (QED) is 0.676. The number of nitrogens with one attached hydrogen (secondary N) is 1. The summed E-state index contributed by atoms with van der Waals surface area (Å²) in [6.45, 7) is 4.70. The van der Waals surface area contributed by atoms with E-state index in [0.717, 1.165) is 21.7 Å². The van der Waals surface area contributed by atoms with Crippen molar-refractivity contribution in [3.8, 4) is 0 Å². The molecule has 0 unspecified atom stereocenters. The summed E-state index contributed by atoms with van der Waals surface area (Å²) in [5.41, 5.74) is 0. The standard InChI is InChI=1S/C12H15N3OS2/c1-3-8-5-9-11(14-7-15-12(9)18-8)17-6-10(16)13-4-2/h5,7H,3-4,6H2,1-2H3,(H,13,16). The molecule has 0 atom stereocenters. The smallest absolute Gasteiger partial charge is 0.230 e. The van der Waals surface area contributed by atoms with Gasteiger partial charge in [-0.05, 0) is 19.4 Å². The molecule has 18 heavy (non-hydrogen) atoms. The molecule has 2 heterocycles. The molecular formula is C12H15N3OS2. The Hall–Kier alpha value is -1.14. The van der Waals surface area contributed by atoms with Gasteiger partial charge in [0.25, 0.3) is 0 Å². The van der Waals surface area contributed by atoms with Gasteiger partial charge in [0.15, 0.2) is 0 Å². The van der Waals surface area contributed by atoms with Gasteiger partial charge in [0.05, 0.1) is 5.75 Å². The summed E-state index contributed by atoms with van der Waals surface area (Å²) in [5.74, 6) is 0.442. The van der Waals surface area contributed by atoms with Crippen LogP contribution >= 0.6 is 23.1 Å². The number of aromatic nitrogens is 2. The highest BCUT2D eigenvalue weighted by molar-refractivity contribution is 8.00. The van der Waals surface area contributed by atoms with Crippen molar-refractivity contribution in [3.05, 3.63) is 17.3 Å². The number of thiophene rings is 1. The van der Waals surface area contributed by atoms with E-state index >= 15 is 0 Å². The fraction of sp³-hybridized carbons (Fsp3) is 0.417. The Bertz CT molecular complexity index is 553. The third kappa shape index (κ3) is 3.00. The van der Waals surface area contributed by atoms with E-state index in [1.165, 1.54) is 16.6 Å². The zero-order chi connectivity index (χ0) is 13.0. The van der Waals surface area contributed by atoms with E-state index in [1.807, 2.05) is 6.92 Å². The number of amides is 1. The first kappa shape index (κ1) is 13.3. The van der Waals surface area contributed by atoms with E-state index in [9.17, 15) is 4.79 Å². The second-order valence-electron chi connectivity index (χ2n) is 3.71. The molecule has 0 aliphatic rings. The van der Waals surface area contributed by atoms with Crippen LogP contribution in [0.25, 0.3) is 10.2 Å². The summed E-state index contributed by atoms with van der Waals surface area (Å²) in [5, 5.41) is 4.73. The predicted molar refractivity (Wildman–Crippen MR) is 76.2 cm³/mol. The third-order valence-corrected chi connectivity index (χ3v) is 4.60. The second-order valence-corrected chi connectivity index (χ2v) is 5.79. The Morgan fingerprint density at radius 3 is 3.00 bits per heavy atom. The molecule has 0 aliphatic carbocycles. The van der Waals surface area contributed by atoms with Crippen molar-refractivity contribution in [1.82, 2.24) is 15.3 Å². The summed E-state index contributed by atoms with van der Waals surface area (Å²) in [7, 11) is 0. The molecule has 6 heteroatoms. The highest BCUT2D eigenvalue weighted by Gasteiger charge is 2.10. The van der Waals surface area contributed by atoms with Gasteiger partial charge in [0, 0.05) is 16.8 Å². The summed E-state index contributed by atoms with van der Waals surface area (Å²) >= 11 is 3.16. The van der Waals surface area contributed by atoms with Crippen LogP contribution in [0.1, 0.15) is 18.7 Å². The van der Waals surface area contributed by atoms with Crippen LogP contribution in [0.5, 0.6) is 0 Å². The van der Waals surface area contributed by atoms with E-state index < -0.39 is 0 Å². The Morgan fingerprint density at radius 1 is 1.44 bits per heavy atom. The SMILES string of the molecule is CCNC(=O)CSc1ncnc2sc(CC)cc12. The fourth-order valence-electron chi connectivity index (χ4n) is 1.56. The van der Waals surface area contributed by atoms with Crippen LogP contribution in [0.4, 0.5) is 0 Å². The molecule has 96 valence electrons. The lowest BCUT2D eigenvalue weighted by Gasteiger charge is -2.02. The molecule has 0 spiro atoms. The van der Waals surface area contributed by atoms with Gasteiger partial charge >= 0.3 is 0 Å². The Kier molecular flexibility index (Phi) is 4.54. The van der Waals surface area contributed by atoms with Crippen molar-refractivity contribution in [1.29, 1.82) is 0 Å². The summed E-state index contributed by atoms with van der Waals surface area (Å²) in [6, 6.07) is 2.13. The first-order chi connectivity index (χ1) is 8.74. The van der Waals surface area contributed by atoms with E-state index in [-0.39, 0.29) is 5.91 Å². The third-order valence-electron chi connectivity index (χ3n) is 2.41. The van der Waals surface area contributed by atoms with Gasteiger partial charge in [0.2, 0.25) is 5.91 Å². The summed E-state index contributed by atoms with van der Waals surface area (Å²) < 4.78 is 0. The normalized spacial score (nSPS) is 10.8. The van der Waals surface area contributed by atoms with Crippen molar-refractivity contribution in [3.63, 3.8) is 0 Å². The molecule has 2 aromatic heterocycles. The molecule has 0 aromatic carbocycles. The highest BCUT2D eigenvalue weighted by Crippen LogP contribution is 2.30. The molecule has 0 radical (unpaired) electrons. The molecular weight excluding hydrogens is 266 g/mol. The van der Waals surface area contributed by atoms with Gasteiger partial charge in [0.1, 0.15) is 16.2 Å². The van der Waals surface area contributed by atoms with Crippen LogP contribution in [0.3, 0.4) is 0 Å². The van der Waals surface area contributed by atoms with E-state index in [4.69, 9.17) is 0 Å². The molecule has 0 saturated carbocycles. The fourth-order valence-corrected chi connectivity index (χ4v) is 3.36. The minimum Gasteiger partial charge on any atom is -0.356 e. The molecule has 4 nitrogen and oxygen atoms in total. The molecule has 0 bridgehead atoms. The topological polar surface area (TPSA) is 54.9 Å². The van der Waals surface area contributed by atoms with Crippen molar-refractivity contribution in [2.75, 3.05) is 12.3 Å². The summed E-state index contributed by atoms with van der Waals surface area (Å²) in [4.78, 5) is 22.3. The molecule has 1 amide bonds. The molecule has 0 fully saturated rings. The van der Waals surface area contributed by atoms with E-state index in [1.54, 1.807) is 17.7 Å². The lowest BCUT2D eigenvalue weighted by molar-refractivity contribution is -0.118. The number of fused-ring (bicyclic) bond motifs is 1. The van der Waals surface area contributed by atoms with E-state index in [2.05, 4.69) is 28.3 Å². The number of thioether (sulfide) groups is 1. The van der Waals surface area contributed by atoms with Crippen molar-refractivity contribution in [2.45, 2.75) is 25.3 Å². The van der Waals surface area contributed by atoms with Crippen molar-refractivity contribution in [2.24, 2.45) is 0 Å². The molecule has 0 aliphatic heterocycles. The lowest BCUT2D eigenvalue weighted by atomic mass is 10.3. The highest BCUT2D eigenvalue weighted by atomic mass is 32.2. The number of aryl methyl sites for hydroxylation is 1. The second kappa shape index (κ2) is 6.15. The monoisotopic (exact) mass is 281 g/mol. The van der Waals surface area contributed by atoms with Crippen LogP contribution < -0.4 is 5.32 Å². The number of rotatable bonds is 5. The molecule has 0 saturated heterocycles. The van der Waals surface area contributed by atoms with E-state index in [0.29, 0.717) is 12.3 Å². The average Bonchev–Trinajstić information content (AvgIpc) is 2.80. The number of carbonyl (C=O) groups excluding carboxylic acids is 1. The van der Waals surface area contributed by atoms with Crippen molar-refractivity contribution >= 4 is 39.2 Å². The maximum atomic E-state index is 11.4. The van der Waals surface area contributed by atoms with Crippen LogP contribution in [0.15, 0.2) is 17.4 Å². The van der Waals surface area contributed by atoms with Crippen molar-refractivity contribution < 1.29 is 4.79 Å². The maximum Gasteiger partial charge on any atom is 0.230 e. The number of hydrogen-bond acceptors (Lipinski definition) is 5. The van der Waals surface area contributed by atoms with Crippen LogP contribution in [-0.4, -0.2) is 28.2 Å². The number of nitrogens with zero attached hydrogens (tertiary/aromatic N) is 2. The zero-order valence-corrected chi connectivity index (χ0v) is 12.0. The average molecular weight is 281 g/mol. The number of carbonyl (C=O) groups is 1. The molecule has 1 N–H and O–H groups in total. The van der Waals surface area contributed by atoms with Crippen LogP contribution in [-0.2, 0) is 11.2 Å². The maximum absolute atomic E-state index is 11.4. The van der Waals surface area contributed by atoms with Gasteiger partial charge in [-0.2, -0.15) is 0 Å². The zero-order valence-electron chi connectivity index (χ0n) is 10.4. The van der Waals surface area contributed by atoms with Gasteiger partial charge in [-0.1, -0.05) is 18.7 Å². The Morgan fingerprint density at radius 2 is 2.28 bits per heavy atom.